The van der Waals surface area contributed by atoms with E-state index in [0.29, 0.717) is 37.0 Å². The number of piperidine rings is 1. The number of nitrogens with zero attached hydrogens (tertiary/aromatic N) is 6. The first kappa shape index (κ1) is 24.3. The summed E-state index contributed by atoms with van der Waals surface area (Å²) in [6.07, 6.45) is 7.95. The number of aromatic nitrogens is 3. The standard InChI is InChI=1S/C23H32N8O2/c1-17-7-12-30(20(32)6-9-24)15-18(17)14-29(3)21-19-8-13-31(22(19)28-16-27-21)23(33)26-11-5-4-10-25-2/h8,13-14,16-18,25H,4-7,10-12,15H2,1-3H3/p+1/t17-,18?/m1/s1. The Kier molecular flexibility index (Phi) is 8.49. The van der Waals surface area contributed by atoms with Gasteiger partial charge in [0.2, 0.25) is 12.2 Å². The molecule has 1 aliphatic heterocycles. The van der Waals surface area contributed by atoms with Gasteiger partial charge in [-0.2, -0.15) is 10.2 Å². The first-order valence-corrected chi connectivity index (χ1v) is 11.4. The van der Waals surface area contributed by atoms with Crippen LogP contribution in [0.4, 0.5) is 10.6 Å². The fourth-order valence-corrected chi connectivity index (χ4v) is 4.15. The molecule has 10 nitrogen and oxygen atoms in total. The molecule has 0 saturated carbocycles. The van der Waals surface area contributed by atoms with E-state index in [1.165, 1.54) is 10.9 Å². The average Bonchev–Trinajstić information content (AvgIpc) is 3.24. The largest absolute Gasteiger partial charge is 0.341 e. The molecule has 0 spiro atoms. The van der Waals surface area contributed by atoms with E-state index in [4.69, 9.17) is 5.26 Å². The second-order valence-corrected chi connectivity index (χ2v) is 8.53. The van der Waals surface area contributed by atoms with Crippen molar-refractivity contribution in [2.75, 3.05) is 40.3 Å². The van der Waals surface area contributed by atoms with Gasteiger partial charge in [-0.05, 0) is 49.8 Å². The molecule has 3 heterocycles. The highest BCUT2D eigenvalue weighted by Crippen LogP contribution is 2.25. The Morgan fingerprint density at radius 1 is 1.33 bits per heavy atom. The van der Waals surface area contributed by atoms with E-state index in [1.807, 2.05) is 30.8 Å². The topological polar surface area (TPSA) is 119 Å². The molecular weight excluding hydrogens is 420 g/mol. The number of nitrogens with one attached hydrogen (secondary N) is 2. The Labute approximate surface area is 194 Å². The van der Waals surface area contributed by atoms with E-state index >= 15 is 0 Å². The summed E-state index contributed by atoms with van der Waals surface area (Å²) in [6, 6.07) is 3.58. The molecule has 1 unspecified atom stereocenters. The summed E-state index contributed by atoms with van der Waals surface area (Å²) in [7, 11) is 3.83. The maximum Gasteiger partial charge on any atom is 0.335 e. The van der Waals surface area contributed by atoms with Crippen LogP contribution in [-0.4, -0.2) is 82.4 Å². The third-order valence-corrected chi connectivity index (χ3v) is 6.16. The zero-order valence-corrected chi connectivity index (χ0v) is 19.6. The highest BCUT2D eigenvalue weighted by molar-refractivity contribution is 5.93. The van der Waals surface area contributed by atoms with Gasteiger partial charge in [-0.15, -0.1) is 0 Å². The molecule has 2 amide bonds. The molecular formula is C23H33N8O2+. The first-order chi connectivity index (χ1) is 16.0. The highest BCUT2D eigenvalue weighted by Gasteiger charge is 2.29. The SMILES string of the molecule is CNCCCCNC(=O)n1ccc2c([N+](C)=CC3CN(C(=O)CC#N)CC[C@H]3C)ncnc21. The summed E-state index contributed by atoms with van der Waals surface area (Å²) >= 11 is 0. The van der Waals surface area contributed by atoms with Gasteiger partial charge in [0.1, 0.15) is 11.8 Å². The van der Waals surface area contributed by atoms with E-state index in [1.54, 1.807) is 11.1 Å². The van der Waals surface area contributed by atoms with E-state index < -0.39 is 0 Å². The normalized spacial score (nSPS) is 18.8. The maximum absolute atomic E-state index is 12.6. The third kappa shape index (κ3) is 5.93. The van der Waals surface area contributed by atoms with Crippen LogP contribution in [0.5, 0.6) is 0 Å². The van der Waals surface area contributed by atoms with Gasteiger partial charge in [0.05, 0.1) is 19.3 Å². The van der Waals surface area contributed by atoms with Gasteiger partial charge in [0, 0.05) is 31.7 Å². The molecule has 33 heavy (non-hydrogen) atoms. The number of likely N-dealkylation sites (tertiary alicyclic amines) is 1. The summed E-state index contributed by atoms with van der Waals surface area (Å²) < 4.78 is 3.46. The zero-order valence-electron chi connectivity index (χ0n) is 19.6. The summed E-state index contributed by atoms with van der Waals surface area (Å²) in [4.78, 5) is 35.4. The maximum atomic E-state index is 12.6. The van der Waals surface area contributed by atoms with Gasteiger partial charge in [0.25, 0.3) is 0 Å². The Hall–Kier alpha value is -3.32. The van der Waals surface area contributed by atoms with Crippen LogP contribution in [0.1, 0.15) is 32.6 Å². The second kappa shape index (κ2) is 11.5. The van der Waals surface area contributed by atoms with Crippen LogP contribution in [-0.2, 0) is 4.79 Å². The molecule has 1 saturated heterocycles. The fraction of sp³-hybridized carbons (Fsp3) is 0.565. The number of hydrogen-bond donors (Lipinski definition) is 2. The Morgan fingerprint density at radius 2 is 2.12 bits per heavy atom. The molecule has 0 bridgehead atoms. The Morgan fingerprint density at radius 3 is 2.88 bits per heavy atom. The van der Waals surface area contributed by atoms with Crippen molar-refractivity contribution >= 4 is 35.0 Å². The molecule has 3 rings (SSSR count). The van der Waals surface area contributed by atoms with Crippen molar-refractivity contribution in [1.82, 2.24) is 30.1 Å². The molecule has 2 atom stereocenters. The molecule has 2 aromatic heterocycles. The van der Waals surface area contributed by atoms with Crippen LogP contribution in [0.25, 0.3) is 11.0 Å². The summed E-state index contributed by atoms with van der Waals surface area (Å²) in [5, 5.41) is 15.7. The van der Waals surface area contributed by atoms with Crippen molar-refractivity contribution in [3.8, 4) is 6.07 Å². The van der Waals surface area contributed by atoms with Crippen LogP contribution >= 0.6 is 0 Å². The van der Waals surface area contributed by atoms with Crippen LogP contribution in [0.2, 0.25) is 0 Å². The first-order valence-electron chi connectivity index (χ1n) is 11.4. The molecule has 176 valence electrons. The molecule has 2 N–H and O–H groups in total. The van der Waals surface area contributed by atoms with Crippen LogP contribution in [0.15, 0.2) is 18.6 Å². The smallest absolute Gasteiger partial charge is 0.335 e. The third-order valence-electron chi connectivity index (χ3n) is 6.16. The highest BCUT2D eigenvalue weighted by atomic mass is 16.2. The molecule has 10 heteroatoms. The monoisotopic (exact) mass is 453 g/mol. The lowest BCUT2D eigenvalue weighted by molar-refractivity contribution is -0.405. The predicted molar refractivity (Wildman–Crippen MR) is 125 cm³/mol. The number of hydrogen-bond acceptors (Lipinski definition) is 6. The molecule has 0 aromatic carbocycles. The number of carbonyl (C=O) groups is 2. The van der Waals surface area contributed by atoms with Gasteiger partial charge in [-0.25, -0.2) is 9.37 Å². The second-order valence-electron chi connectivity index (χ2n) is 8.53. The average molecular weight is 454 g/mol. The molecule has 0 radical (unpaired) electrons. The minimum atomic E-state index is -0.210. The van der Waals surface area contributed by atoms with E-state index in [2.05, 4.69) is 33.7 Å². The molecule has 1 fully saturated rings. The van der Waals surface area contributed by atoms with Crippen molar-refractivity contribution in [3.05, 3.63) is 18.6 Å². The van der Waals surface area contributed by atoms with Gasteiger partial charge in [-0.3, -0.25) is 9.36 Å². The van der Waals surface area contributed by atoms with E-state index in [0.717, 1.165) is 31.2 Å². The minimum absolute atomic E-state index is 0.0887. The van der Waals surface area contributed by atoms with E-state index in [-0.39, 0.29) is 24.3 Å². The summed E-state index contributed by atoms with van der Waals surface area (Å²) in [5.41, 5.74) is 0.551. The van der Waals surface area contributed by atoms with Crippen molar-refractivity contribution in [3.63, 3.8) is 0 Å². The van der Waals surface area contributed by atoms with Crippen molar-refractivity contribution < 1.29 is 14.2 Å². The summed E-state index contributed by atoms with van der Waals surface area (Å²) in [5.74, 6) is 1.12. The number of rotatable bonds is 8. The Balaban J connectivity index is 1.76. The predicted octanol–water partition coefficient (Wildman–Crippen LogP) is 1.73. The van der Waals surface area contributed by atoms with Crippen molar-refractivity contribution in [2.24, 2.45) is 11.8 Å². The molecule has 0 aliphatic carbocycles. The van der Waals surface area contributed by atoms with Gasteiger partial charge in [-0.1, -0.05) is 6.92 Å². The quantitative estimate of drug-likeness (QED) is 0.357. The number of nitriles is 1. The lowest BCUT2D eigenvalue weighted by Crippen LogP contribution is -2.44. The number of fused-ring (bicyclic) bond motifs is 1. The van der Waals surface area contributed by atoms with Crippen molar-refractivity contribution in [2.45, 2.75) is 32.6 Å². The van der Waals surface area contributed by atoms with E-state index in [9.17, 15) is 9.59 Å². The zero-order chi connectivity index (χ0) is 23.8. The number of carbonyl (C=O) groups excluding carboxylic acids is 2. The van der Waals surface area contributed by atoms with Crippen LogP contribution in [0, 0.1) is 23.2 Å². The van der Waals surface area contributed by atoms with Crippen LogP contribution < -0.4 is 10.6 Å². The lowest BCUT2D eigenvalue weighted by atomic mass is 9.87. The summed E-state index contributed by atoms with van der Waals surface area (Å²) in [6.45, 7) is 4.96. The minimum Gasteiger partial charge on any atom is -0.341 e. The number of amides is 2. The van der Waals surface area contributed by atoms with Gasteiger partial charge < -0.3 is 15.5 Å². The lowest BCUT2D eigenvalue weighted by Gasteiger charge is -2.34. The van der Waals surface area contributed by atoms with Gasteiger partial charge in [0.15, 0.2) is 5.65 Å². The number of unbranched alkanes of at least 4 members (excludes halogenated alkanes) is 1. The van der Waals surface area contributed by atoms with Crippen LogP contribution in [0.3, 0.4) is 0 Å². The fourth-order valence-electron chi connectivity index (χ4n) is 4.15. The molecule has 1 aliphatic rings. The van der Waals surface area contributed by atoms with Gasteiger partial charge >= 0.3 is 11.8 Å². The Bertz CT molecular complexity index is 1050. The van der Waals surface area contributed by atoms with Crippen molar-refractivity contribution in [1.29, 1.82) is 5.26 Å². The molecule has 2 aromatic rings.